The zero-order valence-corrected chi connectivity index (χ0v) is 5.44. The molecular formula is C5H9NO4. The highest BCUT2D eigenvalue weighted by Crippen LogP contribution is 1.90. The molecule has 10 heavy (non-hydrogen) atoms. The van der Waals surface area contributed by atoms with Crippen LogP contribution < -0.4 is 5.32 Å². The average molecular weight is 147 g/mol. The van der Waals surface area contributed by atoms with E-state index >= 15 is 0 Å². The van der Waals surface area contributed by atoms with Gasteiger partial charge in [0.15, 0.2) is 6.04 Å². The molecule has 0 saturated carbocycles. The number of hydrogen-bond acceptors (Lipinski definition) is 3. The zero-order valence-electron chi connectivity index (χ0n) is 5.44. The van der Waals surface area contributed by atoms with E-state index < -0.39 is 18.1 Å². The number of nitrogens with one attached hydrogen (secondary N) is 1. The van der Waals surface area contributed by atoms with E-state index in [1.54, 1.807) is 0 Å². The number of carboxylic acid groups (broad SMARTS) is 1. The number of carbonyl (C=O) groups is 2. The van der Waals surface area contributed by atoms with E-state index in [1.165, 1.54) is 6.92 Å². The highest BCUT2D eigenvalue weighted by molar-refractivity contribution is 5.76. The SMILES string of the molecule is C[C@@H](O)C(NC=O)C(=O)O. The number of amides is 1. The summed E-state index contributed by atoms with van der Waals surface area (Å²) in [4.78, 5) is 19.9. The molecule has 0 saturated heterocycles. The fraction of sp³-hybridized carbons (Fsp3) is 0.600. The molecular weight excluding hydrogens is 138 g/mol. The van der Waals surface area contributed by atoms with Crippen molar-refractivity contribution in [3.05, 3.63) is 0 Å². The molecule has 0 aliphatic carbocycles. The van der Waals surface area contributed by atoms with Crippen molar-refractivity contribution >= 4 is 12.4 Å². The van der Waals surface area contributed by atoms with Gasteiger partial charge in [-0.15, -0.1) is 0 Å². The molecule has 2 atom stereocenters. The van der Waals surface area contributed by atoms with Gasteiger partial charge in [-0.05, 0) is 6.92 Å². The lowest BCUT2D eigenvalue weighted by Crippen LogP contribution is -2.43. The summed E-state index contributed by atoms with van der Waals surface area (Å²) in [6, 6.07) is -1.21. The molecule has 0 aromatic carbocycles. The summed E-state index contributed by atoms with van der Waals surface area (Å²) in [5, 5.41) is 19.0. The van der Waals surface area contributed by atoms with Gasteiger partial charge in [0.1, 0.15) is 0 Å². The molecule has 5 nitrogen and oxygen atoms in total. The largest absolute Gasteiger partial charge is 0.480 e. The topological polar surface area (TPSA) is 86.6 Å². The molecule has 0 spiro atoms. The maximum absolute atomic E-state index is 10.1. The van der Waals surface area contributed by atoms with Crippen LogP contribution in [0, 0.1) is 0 Å². The monoisotopic (exact) mass is 147 g/mol. The maximum atomic E-state index is 10.1. The van der Waals surface area contributed by atoms with Crippen LogP contribution in [0.3, 0.4) is 0 Å². The third-order valence-corrected chi connectivity index (χ3v) is 0.996. The Labute approximate surface area is 57.7 Å². The first-order chi connectivity index (χ1) is 4.59. The summed E-state index contributed by atoms with van der Waals surface area (Å²) < 4.78 is 0. The van der Waals surface area contributed by atoms with Gasteiger partial charge >= 0.3 is 5.97 Å². The average Bonchev–Trinajstić information content (AvgIpc) is 1.81. The summed E-state index contributed by atoms with van der Waals surface area (Å²) in [5.41, 5.74) is 0. The van der Waals surface area contributed by atoms with Gasteiger partial charge in [0, 0.05) is 0 Å². The molecule has 0 rings (SSSR count). The van der Waals surface area contributed by atoms with Gasteiger partial charge in [0.2, 0.25) is 6.41 Å². The summed E-state index contributed by atoms with van der Waals surface area (Å²) in [6.45, 7) is 1.29. The maximum Gasteiger partial charge on any atom is 0.328 e. The first kappa shape index (κ1) is 8.90. The molecule has 0 aliphatic heterocycles. The summed E-state index contributed by atoms with van der Waals surface area (Å²) >= 11 is 0. The van der Waals surface area contributed by atoms with Gasteiger partial charge < -0.3 is 15.5 Å². The van der Waals surface area contributed by atoms with Crippen molar-refractivity contribution in [2.24, 2.45) is 0 Å². The number of aliphatic carboxylic acids is 1. The van der Waals surface area contributed by atoms with Crippen LogP contribution in [-0.2, 0) is 9.59 Å². The van der Waals surface area contributed by atoms with Crippen LogP contribution in [0.15, 0.2) is 0 Å². The molecule has 58 valence electrons. The van der Waals surface area contributed by atoms with Crippen molar-refractivity contribution in [1.82, 2.24) is 5.32 Å². The molecule has 0 bridgehead atoms. The number of hydrogen-bond donors (Lipinski definition) is 3. The minimum absolute atomic E-state index is 0.242. The number of carboxylic acids is 1. The third kappa shape index (κ3) is 2.45. The van der Waals surface area contributed by atoms with E-state index in [2.05, 4.69) is 0 Å². The van der Waals surface area contributed by atoms with Crippen molar-refractivity contribution in [1.29, 1.82) is 0 Å². The molecule has 0 fully saturated rings. The predicted molar refractivity (Wildman–Crippen MR) is 32.3 cm³/mol. The Morgan fingerprint density at radius 3 is 2.30 bits per heavy atom. The molecule has 0 radical (unpaired) electrons. The van der Waals surface area contributed by atoms with Gasteiger partial charge in [-0.25, -0.2) is 4.79 Å². The fourth-order valence-electron chi connectivity index (χ4n) is 0.490. The normalized spacial score (nSPS) is 15.4. The second kappa shape index (κ2) is 3.84. The molecule has 0 heterocycles. The van der Waals surface area contributed by atoms with Crippen LogP contribution in [0.2, 0.25) is 0 Å². The standard InChI is InChI=1S/C5H9NO4/c1-3(8)4(5(9)10)6-2-7/h2-4,8H,1H3,(H,6,7)(H,9,10)/t3-,4?/m1/s1. The predicted octanol–water partition coefficient (Wildman–Crippen LogP) is -1.43. The van der Waals surface area contributed by atoms with Gasteiger partial charge in [-0.2, -0.15) is 0 Å². The highest BCUT2D eigenvalue weighted by Gasteiger charge is 2.21. The van der Waals surface area contributed by atoms with Crippen molar-refractivity contribution in [3.8, 4) is 0 Å². The summed E-state index contributed by atoms with van der Waals surface area (Å²) in [7, 11) is 0. The summed E-state index contributed by atoms with van der Waals surface area (Å²) in [6.07, 6.45) is -0.839. The molecule has 1 amide bonds. The van der Waals surface area contributed by atoms with Crippen LogP contribution in [0.25, 0.3) is 0 Å². The lowest BCUT2D eigenvalue weighted by atomic mass is 10.2. The highest BCUT2D eigenvalue weighted by atomic mass is 16.4. The van der Waals surface area contributed by atoms with Gasteiger partial charge in [0.05, 0.1) is 6.10 Å². The first-order valence-electron chi connectivity index (χ1n) is 2.70. The van der Waals surface area contributed by atoms with Crippen LogP contribution in [0.4, 0.5) is 0 Å². The Kier molecular flexibility index (Phi) is 3.42. The van der Waals surface area contributed by atoms with E-state index in [9.17, 15) is 9.59 Å². The molecule has 0 aliphatic rings. The lowest BCUT2D eigenvalue weighted by Gasteiger charge is -2.12. The minimum atomic E-state index is -1.25. The second-order valence-corrected chi connectivity index (χ2v) is 1.84. The number of aliphatic hydroxyl groups is 1. The van der Waals surface area contributed by atoms with Crippen molar-refractivity contribution < 1.29 is 19.8 Å². The Hall–Kier alpha value is -1.10. The van der Waals surface area contributed by atoms with Crippen LogP contribution in [0.1, 0.15) is 6.92 Å². The first-order valence-corrected chi connectivity index (χ1v) is 2.70. The zero-order chi connectivity index (χ0) is 8.15. The number of carbonyl (C=O) groups excluding carboxylic acids is 1. The van der Waals surface area contributed by atoms with Crippen LogP contribution in [-0.4, -0.2) is 34.7 Å². The summed E-state index contributed by atoms with van der Waals surface area (Å²) in [5.74, 6) is -1.25. The Balaban J connectivity index is 3.97. The molecule has 3 N–H and O–H groups in total. The number of rotatable bonds is 4. The van der Waals surface area contributed by atoms with E-state index in [-0.39, 0.29) is 6.41 Å². The molecule has 1 unspecified atom stereocenters. The lowest BCUT2D eigenvalue weighted by molar-refractivity contribution is -0.143. The number of aliphatic hydroxyl groups excluding tert-OH is 1. The minimum Gasteiger partial charge on any atom is -0.480 e. The van der Waals surface area contributed by atoms with Gasteiger partial charge in [-0.1, -0.05) is 0 Å². The fourth-order valence-corrected chi connectivity index (χ4v) is 0.490. The van der Waals surface area contributed by atoms with Crippen LogP contribution in [0.5, 0.6) is 0 Å². The van der Waals surface area contributed by atoms with E-state index in [4.69, 9.17) is 10.2 Å². The van der Waals surface area contributed by atoms with E-state index in [0.717, 1.165) is 0 Å². The Bertz CT molecular complexity index is 134. The Morgan fingerprint density at radius 1 is 1.70 bits per heavy atom. The quantitative estimate of drug-likeness (QED) is 0.425. The molecule has 5 heteroatoms. The third-order valence-electron chi connectivity index (χ3n) is 0.996. The van der Waals surface area contributed by atoms with Crippen LogP contribution >= 0.6 is 0 Å². The van der Waals surface area contributed by atoms with Gasteiger partial charge in [0.25, 0.3) is 0 Å². The Morgan fingerprint density at radius 2 is 2.20 bits per heavy atom. The smallest absolute Gasteiger partial charge is 0.328 e. The molecule has 0 aromatic heterocycles. The van der Waals surface area contributed by atoms with E-state index in [1.807, 2.05) is 5.32 Å². The van der Waals surface area contributed by atoms with Crippen molar-refractivity contribution in [2.75, 3.05) is 0 Å². The van der Waals surface area contributed by atoms with Crippen molar-refractivity contribution in [3.63, 3.8) is 0 Å². The van der Waals surface area contributed by atoms with E-state index in [0.29, 0.717) is 0 Å². The van der Waals surface area contributed by atoms with Crippen molar-refractivity contribution in [2.45, 2.75) is 19.1 Å². The van der Waals surface area contributed by atoms with Gasteiger partial charge in [-0.3, -0.25) is 4.79 Å². The molecule has 0 aromatic rings. The second-order valence-electron chi connectivity index (χ2n) is 1.84.